The molecule has 1 aromatic rings. The number of carbonyl (C=O) groups excluding carboxylic acids is 1. The van der Waals surface area contributed by atoms with E-state index in [2.05, 4.69) is 0 Å². The molecule has 23 heavy (non-hydrogen) atoms. The van der Waals surface area contributed by atoms with Crippen molar-refractivity contribution >= 4 is 6.29 Å². The van der Waals surface area contributed by atoms with Gasteiger partial charge in [-0.25, -0.2) is 0 Å². The summed E-state index contributed by atoms with van der Waals surface area (Å²) in [5.74, 6) is 0.669. The van der Waals surface area contributed by atoms with Crippen molar-refractivity contribution in [2.75, 3.05) is 6.79 Å². The second-order valence-corrected chi connectivity index (χ2v) is 6.17. The van der Waals surface area contributed by atoms with Crippen molar-refractivity contribution in [3.05, 3.63) is 23.8 Å². The van der Waals surface area contributed by atoms with Crippen LogP contribution in [-0.2, 0) is 30.3 Å². The number of fused-ring (bicyclic) bond motifs is 2. The van der Waals surface area contributed by atoms with Crippen LogP contribution in [0.2, 0.25) is 0 Å². The Morgan fingerprint density at radius 2 is 2.09 bits per heavy atom. The lowest BCUT2D eigenvalue weighted by Gasteiger charge is -2.23. The topological polar surface area (TPSA) is 72.5 Å². The zero-order chi connectivity index (χ0) is 16.0. The molecule has 3 heterocycles. The Bertz CT molecular complexity index is 614. The van der Waals surface area contributed by atoms with E-state index in [0.29, 0.717) is 12.4 Å². The van der Waals surface area contributed by atoms with Crippen LogP contribution in [0.1, 0.15) is 19.4 Å². The van der Waals surface area contributed by atoms with Gasteiger partial charge in [0.2, 0.25) is 6.79 Å². The molecular formula is C16H18O7. The molecule has 0 aromatic heterocycles. The summed E-state index contributed by atoms with van der Waals surface area (Å²) in [5.41, 5.74) is 0.917. The fourth-order valence-corrected chi connectivity index (χ4v) is 3.03. The molecule has 2 saturated heterocycles. The summed E-state index contributed by atoms with van der Waals surface area (Å²) in [5, 5.41) is 0. The third-order valence-corrected chi connectivity index (χ3v) is 4.04. The molecule has 1 aromatic carbocycles. The Hall–Kier alpha value is -1.67. The number of carbonyl (C=O) groups is 1. The van der Waals surface area contributed by atoms with Gasteiger partial charge in [-0.05, 0) is 31.5 Å². The van der Waals surface area contributed by atoms with Gasteiger partial charge >= 0.3 is 0 Å². The number of aldehydes is 1. The summed E-state index contributed by atoms with van der Waals surface area (Å²) >= 11 is 0. The van der Waals surface area contributed by atoms with E-state index in [1.807, 2.05) is 18.2 Å². The molecule has 124 valence electrons. The Balaban J connectivity index is 1.45. The van der Waals surface area contributed by atoms with Crippen molar-refractivity contribution in [1.29, 1.82) is 0 Å². The molecule has 4 atom stereocenters. The first-order valence-electron chi connectivity index (χ1n) is 7.52. The van der Waals surface area contributed by atoms with Crippen LogP contribution in [0, 0.1) is 0 Å². The van der Waals surface area contributed by atoms with Crippen LogP contribution in [0.5, 0.6) is 11.5 Å². The number of hydrogen-bond donors (Lipinski definition) is 0. The lowest BCUT2D eigenvalue weighted by molar-refractivity contribution is -0.216. The van der Waals surface area contributed by atoms with Gasteiger partial charge in [-0.3, -0.25) is 0 Å². The fourth-order valence-electron chi connectivity index (χ4n) is 3.03. The molecular weight excluding hydrogens is 304 g/mol. The van der Waals surface area contributed by atoms with Crippen LogP contribution in [0.3, 0.4) is 0 Å². The van der Waals surface area contributed by atoms with Crippen molar-refractivity contribution in [3.8, 4) is 11.5 Å². The maximum atomic E-state index is 11.2. The van der Waals surface area contributed by atoms with Gasteiger partial charge in [-0.1, -0.05) is 6.07 Å². The minimum atomic E-state index is -0.746. The molecule has 4 rings (SSSR count). The van der Waals surface area contributed by atoms with Gasteiger partial charge in [0.15, 0.2) is 29.9 Å². The molecule has 7 nitrogen and oxygen atoms in total. The Kier molecular flexibility index (Phi) is 3.53. The van der Waals surface area contributed by atoms with Gasteiger partial charge in [0.25, 0.3) is 0 Å². The second kappa shape index (κ2) is 5.45. The van der Waals surface area contributed by atoms with Crippen LogP contribution < -0.4 is 9.47 Å². The number of hydrogen-bond acceptors (Lipinski definition) is 7. The smallest absolute Gasteiger partial charge is 0.231 e. The SMILES string of the molecule is CC1(C)O[C@H]2O[C@H](C=O)[C@H](OCc3ccc4c(c3)OCO4)[C@H]2O1. The highest BCUT2D eigenvalue weighted by Gasteiger charge is 2.55. The quantitative estimate of drug-likeness (QED) is 0.775. The highest BCUT2D eigenvalue weighted by Crippen LogP contribution is 2.39. The van der Waals surface area contributed by atoms with E-state index < -0.39 is 30.4 Å². The third kappa shape index (κ3) is 2.70. The van der Waals surface area contributed by atoms with E-state index in [0.717, 1.165) is 17.6 Å². The largest absolute Gasteiger partial charge is 0.454 e. The summed E-state index contributed by atoms with van der Waals surface area (Å²) in [6, 6.07) is 5.60. The van der Waals surface area contributed by atoms with Gasteiger partial charge in [0.05, 0.1) is 6.61 Å². The average Bonchev–Trinajstić information content (AvgIpc) is 3.16. The number of ether oxygens (including phenoxy) is 6. The Labute approximate surface area is 133 Å². The summed E-state index contributed by atoms with van der Waals surface area (Å²) < 4.78 is 33.5. The van der Waals surface area contributed by atoms with E-state index in [-0.39, 0.29) is 6.79 Å². The minimum Gasteiger partial charge on any atom is -0.454 e. The van der Waals surface area contributed by atoms with Gasteiger partial charge in [-0.15, -0.1) is 0 Å². The molecule has 0 spiro atoms. The minimum absolute atomic E-state index is 0.230. The molecule has 0 saturated carbocycles. The van der Waals surface area contributed by atoms with E-state index in [1.54, 1.807) is 13.8 Å². The molecule has 0 aliphatic carbocycles. The second-order valence-electron chi connectivity index (χ2n) is 6.17. The first-order chi connectivity index (χ1) is 11.1. The van der Waals surface area contributed by atoms with Crippen molar-refractivity contribution in [1.82, 2.24) is 0 Å². The van der Waals surface area contributed by atoms with Crippen LogP contribution in [0.25, 0.3) is 0 Å². The average molecular weight is 322 g/mol. The first kappa shape index (κ1) is 14.9. The number of rotatable bonds is 4. The third-order valence-electron chi connectivity index (χ3n) is 4.04. The molecule has 0 amide bonds. The maximum Gasteiger partial charge on any atom is 0.231 e. The van der Waals surface area contributed by atoms with Crippen LogP contribution >= 0.6 is 0 Å². The van der Waals surface area contributed by atoms with Crippen molar-refractivity contribution in [2.45, 2.75) is 50.8 Å². The Morgan fingerprint density at radius 3 is 2.91 bits per heavy atom. The molecule has 3 aliphatic heterocycles. The maximum absolute atomic E-state index is 11.2. The number of benzene rings is 1. The normalized spacial score (nSPS) is 33.7. The first-order valence-corrected chi connectivity index (χ1v) is 7.52. The molecule has 0 unspecified atom stereocenters. The molecule has 2 fully saturated rings. The molecule has 7 heteroatoms. The van der Waals surface area contributed by atoms with Gasteiger partial charge in [0, 0.05) is 0 Å². The van der Waals surface area contributed by atoms with Gasteiger partial charge in [-0.2, -0.15) is 0 Å². The van der Waals surface area contributed by atoms with Gasteiger partial charge < -0.3 is 33.2 Å². The van der Waals surface area contributed by atoms with Crippen molar-refractivity contribution in [3.63, 3.8) is 0 Å². The zero-order valence-corrected chi connectivity index (χ0v) is 12.9. The summed E-state index contributed by atoms with van der Waals surface area (Å²) in [7, 11) is 0. The van der Waals surface area contributed by atoms with Crippen molar-refractivity contribution in [2.24, 2.45) is 0 Å². The fraction of sp³-hybridized carbons (Fsp3) is 0.562. The Morgan fingerprint density at radius 1 is 1.26 bits per heavy atom. The monoisotopic (exact) mass is 322 g/mol. The van der Waals surface area contributed by atoms with Crippen LogP contribution in [0.15, 0.2) is 18.2 Å². The lowest BCUT2D eigenvalue weighted by atomic mass is 10.1. The summed E-state index contributed by atoms with van der Waals surface area (Å²) in [6.45, 7) is 4.15. The van der Waals surface area contributed by atoms with E-state index in [9.17, 15) is 4.79 Å². The highest BCUT2D eigenvalue weighted by atomic mass is 16.8. The molecule has 0 radical (unpaired) electrons. The molecule has 0 N–H and O–H groups in total. The zero-order valence-electron chi connectivity index (χ0n) is 12.9. The molecule has 0 bridgehead atoms. The molecule has 3 aliphatic rings. The predicted molar refractivity (Wildman–Crippen MR) is 75.9 cm³/mol. The summed E-state index contributed by atoms with van der Waals surface area (Å²) in [4.78, 5) is 11.2. The van der Waals surface area contributed by atoms with Crippen molar-refractivity contribution < 1.29 is 33.2 Å². The van der Waals surface area contributed by atoms with Gasteiger partial charge in [0.1, 0.15) is 18.3 Å². The predicted octanol–water partition coefficient (Wildman–Crippen LogP) is 1.38. The highest BCUT2D eigenvalue weighted by molar-refractivity contribution is 5.58. The summed E-state index contributed by atoms with van der Waals surface area (Å²) in [6.07, 6.45) is -1.49. The van der Waals surface area contributed by atoms with E-state index in [1.165, 1.54) is 0 Å². The van der Waals surface area contributed by atoms with E-state index >= 15 is 0 Å². The van der Waals surface area contributed by atoms with Crippen LogP contribution in [-0.4, -0.2) is 43.5 Å². The standard InChI is InChI=1S/C16H18O7/c1-16(2)22-14-13(12(6-17)21-15(14)23-16)18-7-9-3-4-10-11(5-9)20-8-19-10/h3-6,12-15H,7-8H2,1-2H3/t12-,13+,14-,15-/m1/s1. The van der Waals surface area contributed by atoms with E-state index in [4.69, 9.17) is 28.4 Å². The lowest BCUT2D eigenvalue weighted by Crippen LogP contribution is -2.37. The van der Waals surface area contributed by atoms with Crippen LogP contribution in [0.4, 0.5) is 0 Å².